The standard InChI is InChI=1S/C26H26N4O2/c1-16-12-17(2)14-19(13-16)28-26(31)30-11-9-21-22-8-5-10-27-25(22)29-23(21)24(30)18-6-4-7-20(15-18)32-3/h4-8,10,12-15,24H,9,11H2,1-3H3,(H,27,29)(H,28,31). The van der Waals surface area contributed by atoms with Crippen LogP contribution in [0.2, 0.25) is 0 Å². The summed E-state index contributed by atoms with van der Waals surface area (Å²) in [6.07, 6.45) is 2.55. The number of methoxy groups -OCH3 is 1. The number of carbonyl (C=O) groups excluding carboxylic acids is 1. The molecule has 2 amide bonds. The third-order valence-electron chi connectivity index (χ3n) is 6.04. The Hall–Kier alpha value is -3.80. The first-order chi connectivity index (χ1) is 15.5. The molecular formula is C26H26N4O2. The zero-order valence-corrected chi connectivity index (χ0v) is 18.5. The summed E-state index contributed by atoms with van der Waals surface area (Å²) in [6, 6.07) is 17.6. The van der Waals surface area contributed by atoms with Crippen LogP contribution in [0.1, 0.15) is 34.0 Å². The Labute approximate surface area is 187 Å². The van der Waals surface area contributed by atoms with Gasteiger partial charge in [0.1, 0.15) is 11.4 Å². The highest BCUT2D eigenvalue weighted by molar-refractivity contribution is 5.91. The Morgan fingerprint density at radius 3 is 2.72 bits per heavy atom. The van der Waals surface area contributed by atoms with E-state index in [1.807, 2.05) is 61.2 Å². The maximum Gasteiger partial charge on any atom is 0.322 e. The molecule has 1 unspecified atom stereocenters. The summed E-state index contributed by atoms with van der Waals surface area (Å²) in [4.78, 5) is 23.4. The second kappa shape index (κ2) is 8.04. The maximum atomic E-state index is 13.5. The van der Waals surface area contributed by atoms with E-state index >= 15 is 0 Å². The number of pyridine rings is 1. The number of fused-ring (bicyclic) bond motifs is 3. The molecule has 5 rings (SSSR count). The van der Waals surface area contributed by atoms with Gasteiger partial charge in [0.25, 0.3) is 0 Å². The topological polar surface area (TPSA) is 70.2 Å². The van der Waals surface area contributed by atoms with Crippen molar-refractivity contribution in [2.75, 3.05) is 19.0 Å². The van der Waals surface area contributed by atoms with Crippen molar-refractivity contribution in [1.29, 1.82) is 0 Å². The molecule has 0 saturated heterocycles. The van der Waals surface area contributed by atoms with Crippen molar-refractivity contribution in [3.63, 3.8) is 0 Å². The number of anilines is 1. The Bertz CT molecular complexity index is 1290. The van der Waals surface area contributed by atoms with Gasteiger partial charge >= 0.3 is 6.03 Å². The summed E-state index contributed by atoms with van der Waals surface area (Å²) >= 11 is 0. The molecule has 1 aliphatic heterocycles. The third-order valence-corrected chi connectivity index (χ3v) is 6.04. The number of carbonyl (C=O) groups is 1. The van der Waals surface area contributed by atoms with E-state index in [0.717, 1.165) is 51.3 Å². The fourth-order valence-electron chi connectivity index (χ4n) is 4.74. The zero-order valence-electron chi connectivity index (χ0n) is 18.5. The van der Waals surface area contributed by atoms with Crippen LogP contribution in [0.4, 0.5) is 10.5 Å². The van der Waals surface area contributed by atoms with Crippen LogP contribution in [0.15, 0.2) is 60.8 Å². The van der Waals surface area contributed by atoms with Crippen LogP contribution in [-0.4, -0.2) is 34.6 Å². The van der Waals surface area contributed by atoms with Gasteiger partial charge in [0.15, 0.2) is 0 Å². The average Bonchev–Trinajstić information content (AvgIpc) is 3.16. The first-order valence-corrected chi connectivity index (χ1v) is 10.8. The van der Waals surface area contributed by atoms with E-state index in [1.165, 1.54) is 5.56 Å². The van der Waals surface area contributed by atoms with Crippen molar-refractivity contribution in [2.45, 2.75) is 26.3 Å². The SMILES string of the molecule is COc1cccc(C2c3[nH]c4ncccc4c3CCN2C(=O)Nc2cc(C)cc(C)c2)c1. The molecule has 1 aliphatic rings. The molecule has 2 N–H and O–H groups in total. The van der Waals surface area contributed by atoms with Gasteiger partial charge in [0.05, 0.1) is 13.2 Å². The van der Waals surface area contributed by atoms with Crippen LogP contribution in [0.3, 0.4) is 0 Å². The number of ether oxygens (including phenoxy) is 1. The molecule has 0 saturated carbocycles. The second-order valence-corrected chi connectivity index (χ2v) is 8.35. The summed E-state index contributed by atoms with van der Waals surface area (Å²) in [5.74, 6) is 0.763. The molecule has 162 valence electrons. The molecule has 32 heavy (non-hydrogen) atoms. The Morgan fingerprint density at radius 1 is 1.12 bits per heavy atom. The van der Waals surface area contributed by atoms with Crippen LogP contribution < -0.4 is 10.1 Å². The van der Waals surface area contributed by atoms with Crippen molar-refractivity contribution in [3.8, 4) is 5.75 Å². The van der Waals surface area contributed by atoms with Gasteiger partial charge in [-0.1, -0.05) is 18.2 Å². The minimum atomic E-state index is -0.269. The average molecular weight is 427 g/mol. The molecule has 2 aromatic carbocycles. The van der Waals surface area contributed by atoms with Crippen molar-refractivity contribution in [2.24, 2.45) is 0 Å². The first-order valence-electron chi connectivity index (χ1n) is 10.8. The molecule has 6 nitrogen and oxygen atoms in total. The first kappa shape index (κ1) is 20.1. The van der Waals surface area contributed by atoms with Crippen LogP contribution in [0.5, 0.6) is 5.75 Å². The summed E-state index contributed by atoms with van der Waals surface area (Å²) in [6.45, 7) is 4.67. The normalized spacial score (nSPS) is 15.5. The number of benzene rings is 2. The zero-order chi connectivity index (χ0) is 22.2. The number of nitrogens with one attached hydrogen (secondary N) is 2. The lowest BCUT2D eigenvalue weighted by Gasteiger charge is -2.36. The van der Waals surface area contributed by atoms with Crippen LogP contribution in [0, 0.1) is 13.8 Å². The minimum Gasteiger partial charge on any atom is -0.497 e. The number of H-pyrrole nitrogens is 1. The smallest absolute Gasteiger partial charge is 0.322 e. The quantitative estimate of drug-likeness (QED) is 0.463. The minimum absolute atomic E-state index is 0.125. The van der Waals surface area contributed by atoms with E-state index in [-0.39, 0.29) is 12.1 Å². The highest BCUT2D eigenvalue weighted by Crippen LogP contribution is 2.39. The maximum absolute atomic E-state index is 13.5. The molecule has 0 fully saturated rings. The van der Waals surface area contributed by atoms with Gasteiger partial charge in [-0.2, -0.15) is 0 Å². The largest absolute Gasteiger partial charge is 0.497 e. The predicted octanol–water partition coefficient (Wildman–Crippen LogP) is 5.37. The van der Waals surface area contributed by atoms with E-state index < -0.39 is 0 Å². The van der Waals surface area contributed by atoms with Crippen LogP contribution in [-0.2, 0) is 6.42 Å². The summed E-state index contributed by atoms with van der Waals surface area (Å²) in [5, 5.41) is 4.23. The third kappa shape index (κ3) is 3.58. The molecule has 6 heteroatoms. The van der Waals surface area contributed by atoms with Crippen LogP contribution >= 0.6 is 0 Å². The molecule has 2 aromatic heterocycles. The van der Waals surface area contributed by atoms with E-state index in [9.17, 15) is 4.79 Å². The number of hydrogen-bond acceptors (Lipinski definition) is 3. The van der Waals surface area contributed by atoms with E-state index in [2.05, 4.69) is 27.4 Å². The lowest BCUT2D eigenvalue weighted by Crippen LogP contribution is -2.43. The highest BCUT2D eigenvalue weighted by Gasteiger charge is 2.35. The Kier molecular flexibility index (Phi) is 5.05. The van der Waals surface area contributed by atoms with Crippen molar-refractivity contribution >= 4 is 22.8 Å². The van der Waals surface area contributed by atoms with Gasteiger partial charge in [0, 0.05) is 29.5 Å². The molecule has 1 atom stereocenters. The van der Waals surface area contributed by atoms with Crippen molar-refractivity contribution < 1.29 is 9.53 Å². The van der Waals surface area contributed by atoms with Gasteiger partial charge < -0.3 is 19.9 Å². The predicted molar refractivity (Wildman–Crippen MR) is 126 cm³/mol. The molecule has 0 aliphatic carbocycles. The molecule has 0 bridgehead atoms. The number of amides is 2. The summed E-state index contributed by atoms with van der Waals surface area (Å²) in [7, 11) is 1.66. The number of nitrogens with zero attached hydrogens (tertiary/aromatic N) is 2. The monoisotopic (exact) mass is 426 g/mol. The van der Waals surface area contributed by atoms with Gasteiger partial charge in [-0.3, -0.25) is 0 Å². The summed E-state index contributed by atoms with van der Waals surface area (Å²) < 4.78 is 5.47. The fraction of sp³-hybridized carbons (Fsp3) is 0.231. The summed E-state index contributed by atoms with van der Waals surface area (Å²) in [5.41, 5.74) is 7.11. The number of aryl methyl sites for hydroxylation is 2. The highest BCUT2D eigenvalue weighted by atomic mass is 16.5. The molecule has 4 aromatic rings. The van der Waals surface area contributed by atoms with Gasteiger partial charge in [-0.25, -0.2) is 9.78 Å². The molecule has 0 radical (unpaired) electrons. The Balaban J connectivity index is 1.58. The lowest BCUT2D eigenvalue weighted by atomic mass is 9.92. The Morgan fingerprint density at radius 2 is 1.94 bits per heavy atom. The van der Waals surface area contributed by atoms with E-state index in [0.29, 0.717) is 6.54 Å². The molecule has 3 heterocycles. The van der Waals surface area contributed by atoms with Gasteiger partial charge in [-0.05, 0) is 78.9 Å². The van der Waals surface area contributed by atoms with Gasteiger partial charge in [0.2, 0.25) is 0 Å². The second-order valence-electron chi connectivity index (χ2n) is 8.35. The van der Waals surface area contributed by atoms with Crippen LogP contribution in [0.25, 0.3) is 11.0 Å². The molecular weight excluding hydrogens is 400 g/mol. The van der Waals surface area contributed by atoms with Crippen molar-refractivity contribution in [3.05, 3.63) is 88.7 Å². The van der Waals surface area contributed by atoms with Gasteiger partial charge in [-0.15, -0.1) is 0 Å². The number of aromatic nitrogens is 2. The number of aromatic amines is 1. The van der Waals surface area contributed by atoms with E-state index in [4.69, 9.17) is 4.74 Å². The lowest BCUT2D eigenvalue weighted by molar-refractivity contribution is 0.193. The molecule has 0 spiro atoms. The number of rotatable bonds is 3. The number of urea groups is 1. The number of hydrogen-bond donors (Lipinski definition) is 2. The fourth-order valence-corrected chi connectivity index (χ4v) is 4.74. The van der Waals surface area contributed by atoms with Crippen molar-refractivity contribution in [1.82, 2.24) is 14.9 Å². The van der Waals surface area contributed by atoms with E-state index in [1.54, 1.807) is 13.3 Å².